The summed E-state index contributed by atoms with van der Waals surface area (Å²) in [7, 11) is 0. The predicted molar refractivity (Wildman–Crippen MR) is 68.2 cm³/mol. The number of hydrogen-bond acceptors (Lipinski definition) is 2. The van der Waals surface area contributed by atoms with Gasteiger partial charge in [-0.1, -0.05) is 0 Å². The minimum absolute atomic E-state index is 0. The highest BCUT2D eigenvalue weighted by molar-refractivity contribution is 5.77. The number of halogens is 23. The van der Waals surface area contributed by atoms with Crippen LogP contribution in [0.15, 0.2) is 0 Å². The van der Waals surface area contributed by atoms with Gasteiger partial charge in [0.25, 0.3) is 0 Å². The van der Waals surface area contributed by atoms with Crippen molar-refractivity contribution in [3.05, 3.63) is 0 Å². The molecule has 0 bridgehead atoms. The van der Waals surface area contributed by atoms with Crippen molar-refractivity contribution in [3.8, 4) is 0 Å². The number of carboxylic acid groups (broad SMARTS) is 1. The van der Waals surface area contributed by atoms with E-state index >= 15 is 0 Å². The molecule has 0 aliphatic rings. The summed E-state index contributed by atoms with van der Waals surface area (Å²) in [5.74, 6) is -94.6. The fraction of sp³-hybridized carbons (Fsp3) is 0.917. The molecule has 0 heterocycles. The van der Waals surface area contributed by atoms with Gasteiger partial charge in [-0.3, -0.25) is 0 Å². The van der Waals surface area contributed by atoms with E-state index in [9.17, 15) is 106 Å². The number of aliphatic carboxylic acids is 1. The number of alkyl halides is 23. The number of carboxylic acids is 1. The first-order valence-corrected chi connectivity index (χ1v) is 7.52. The molecule has 0 rings (SSSR count). The van der Waals surface area contributed by atoms with Gasteiger partial charge in [0.1, 0.15) is 0 Å². The van der Waals surface area contributed by atoms with Crippen molar-refractivity contribution in [1.82, 2.24) is 6.15 Å². The van der Waals surface area contributed by atoms with Crippen molar-refractivity contribution in [2.75, 3.05) is 0 Å². The Hall–Kier alpha value is -2.18. The molecular weight excluding hydrogens is 627 g/mol. The fourth-order valence-electron chi connectivity index (χ4n) is 1.89. The zero-order valence-corrected chi connectivity index (χ0v) is 16.3. The Balaban J connectivity index is 0. The summed E-state index contributed by atoms with van der Waals surface area (Å²) in [6.07, 6.45) is -8.13. The molecule has 0 unspecified atom stereocenters. The molecule has 0 aliphatic heterocycles. The molecule has 26 heteroatoms. The van der Waals surface area contributed by atoms with E-state index in [1.54, 1.807) is 0 Å². The molecule has 0 saturated carbocycles. The fourth-order valence-corrected chi connectivity index (χ4v) is 1.89. The van der Waals surface area contributed by atoms with Crippen molar-refractivity contribution in [1.29, 1.82) is 0 Å². The summed E-state index contributed by atoms with van der Waals surface area (Å²) < 4.78 is 298. The maximum atomic E-state index is 13.4. The van der Waals surface area contributed by atoms with E-state index in [0.29, 0.717) is 0 Å². The van der Waals surface area contributed by atoms with E-state index in [1.165, 1.54) is 0 Å². The molecule has 0 amide bonds. The quantitative estimate of drug-likeness (QED) is 0.252. The van der Waals surface area contributed by atoms with E-state index in [-0.39, 0.29) is 6.15 Å². The average molecular weight is 631 g/mol. The number of carbonyl (C=O) groups is 1. The van der Waals surface area contributed by atoms with Crippen LogP contribution in [0.1, 0.15) is 0 Å². The van der Waals surface area contributed by atoms with Crippen LogP contribution in [0.25, 0.3) is 0 Å². The summed E-state index contributed by atoms with van der Waals surface area (Å²) in [5.41, 5.74) is 0. The van der Waals surface area contributed by atoms with Crippen LogP contribution >= 0.6 is 0 Å². The Bertz CT molecular complexity index is 885. The van der Waals surface area contributed by atoms with Crippen LogP contribution in [0.2, 0.25) is 0 Å². The summed E-state index contributed by atoms with van der Waals surface area (Å²) >= 11 is 0. The summed E-state index contributed by atoms with van der Waals surface area (Å²) in [6.45, 7) is 0. The van der Waals surface area contributed by atoms with Gasteiger partial charge in [0.15, 0.2) is 0 Å². The highest BCUT2D eigenvalue weighted by Crippen LogP contribution is 2.67. The topological polar surface area (TPSA) is 72.3 Å². The van der Waals surface area contributed by atoms with Gasteiger partial charge in [-0.2, -0.15) is 101 Å². The molecule has 38 heavy (non-hydrogen) atoms. The molecule has 0 saturated heterocycles. The molecule has 3 nitrogen and oxygen atoms in total. The molecular formula is C12H4F23NO2. The minimum atomic E-state index is -9.50. The van der Waals surface area contributed by atoms with Crippen LogP contribution in [-0.2, 0) is 4.79 Å². The standard InChI is InChI=1S/C12HF23O2.H3N/c13-2(14,1(36)37)3(15,16)4(17,18)5(19,20)6(21,22)7(23,24)8(25,26)9(27,28)10(29,30)11(31,32)12(33,34)35;/h(H,36,37);1H3. The second-order valence-corrected chi connectivity index (χ2v) is 6.55. The Morgan fingerprint density at radius 1 is 0.342 bits per heavy atom. The lowest BCUT2D eigenvalue weighted by molar-refractivity contribution is -0.477. The van der Waals surface area contributed by atoms with Gasteiger partial charge in [0.2, 0.25) is 0 Å². The maximum Gasteiger partial charge on any atom is 0.460 e. The third-order valence-corrected chi connectivity index (χ3v) is 4.17. The molecule has 4 N–H and O–H groups in total. The van der Waals surface area contributed by atoms with Gasteiger partial charge in [0, 0.05) is 0 Å². The van der Waals surface area contributed by atoms with Gasteiger partial charge in [-0.25, -0.2) is 4.79 Å². The van der Waals surface area contributed by atoms with Crippen LogP contribution in [-0.4, -0.2) is 76.5 Å². The number of hydrogen-bond donors (Lipinski definition) is 2. The predicted octanol–water partition coefficient (Wildman–Crippen LogP) is 7.15. The molecule has 0 aromatic carbocycles. The van der Waals surface area contributed by atoms with Gasteiger partial charge in [-0.15, -0.1) is 0 Å². The first-order chi connectivity index (χ1) is 15.4. The Kier molecular flexibility index (Phi) is 8.91. The van der Waals surface area contributed by atoms with Crippen LogP contribution in [0, 0.1) is 0 Å². The third-order valence-electron chi connectivity index (χ3n) is 4.17. The molecule has 0 radical (unpaired) electrons. The molecule has 0 aromatic rings. The molecule has 230 valence electrons. The van der Waals surface area contributed by atoms with E-state index < -0.39 is 71.4 Å². The molecule has 0 aromatic heterocycles. The minimum Gasteiger partial charge on any atom is -0.477 e. The summed E-state index contributed by atoms with van der Waals surface area (Å²) in [6, 6.07) is 0. The van der Waals surface area contributed by atoms with Crippen molar-refractivity contribution < 1.29 is 111 Å². The largest absolute Gasteiger partial charge is 0.477 e. The first kappa shape index (κ1) is 38.0. The molecule has 0 aliphatic carbocycles. The summed E-state index contributed by atoms with van der Waals surface area (Å²) in [5, 5.41) is 7.63. The van der Waals surface area contributed by atoms with E-state index in [2.05, 4.69) is 0 Å². The SMILES string of the molecule is N.O=C(O)C(F)(F)C(F)(F)C(F)(F)C(F)(F)C(F)(F)C(F)(F)C(F)(F)C(F)(F)C(F)(F)C(F)(F)C(F)(F)F. The molecule has 0 spiro atoms. The second kappa shape index (κ2) is 8.92. The lowest BCUT2D eigenvalue weighted by atomic mass is 9.85. The highest BCUT2D eigenvalue weighted by Gasteiger charge is 2.99. The lowest BCUT2D eigenvalue weighted by Gasteiger charge is -2.44. The van der Waals surface area contributed by atoms with Crippen LogP contribution < -0.4 is 6.15 Å². The van der Waals surface area contributed by atoms with Crippen LogP contribution in [0.4, 0.5) is 101 Å². The van der Waals surface area contributed by atoms with Crippen molar-refractivity contribution in [3.63, 3.8) is 0 Å². The molecule has 0 fully saturated rings. The Labute approximate surface area is 190 Å². The Morgan fingerprint density at radius 2 is 0.500 bits per heavy atom. The third kappa shape index (κ3) is 4.14. The summed E-state index contributed by atoms with van der Waals surface area (Å²) in [4.78, 5) is 9.85. The van der Waals surface area contributed by atoms with E-state index in [1.807, 2.05) is 0 Å². The molecule has 0 atom stereocenters. The maximum absolute atomic E-state index is 13.4. The van der Waals surface area contributed by atoms with Gasteiger partial charge in [0.05, 0.1) is 0 Å². The van der Waals surface area contributed by atoms with Gasteiger partial charge in [-0.05, 0) is 0 Å². The second-order valence-electron chi connectivity index (χ2n) is 6.55. The average Bonchev–Trinajstić information content (AvgIpc) is 2.65. The van der Waals surface area contributed by atoms with Crippen LogP contribution in [0.5, 0.6) is 0 Å². The van der Waals surface area contributed by atoms with E-state index in [0.717, 1.165) is 0 Å². The zero-order valence-electron chi connectivity index (χ0n) is 16.3. The van der Waals surface area contributed by atoms with Crippen molar-refractivity contribution >= 4 is 5.97 Å². The first-order valence-electron chi connectivity index (χ1n) is 7.52. The van der Waals surface area contributed by atoms with Gasteiger partial charge < -0.3 is 11.3 Å². The monoisotopic (exact) mass is 631 g/mol. The highest BCUT2D eigenvalue weighted by atomic mass is 19.4. The normalized spacial score (nSPS) is 16.3. The zero-order chi connectivity index (χ0) is 31.1. The van der Waals surface area contributed by atoms with Crippen LogP contribution in [0.3, 0.4) is 0 Å². The van der Waals surface area contributed by atoms with Crippen molar-refractivity contribution in [2.24, 2.45) is 0 Å². The number of rotatable bonds is 10. The lowest BCUT2D eigenvalue weighted by Crippen LogP contribution is -2.78. The smallest absolute Gasteiger partial charge is 0.460 e. The Morgan fingerprint density at radius 3 is 0.658 bits per heavy atom. The van der Waals surface area contributed by atoms with E-state index in [4.69, 9.17) is 5.11 Å². The van der Waals surface area contributed by atoms with Gasteiger partial charge >= 0.3 is 71.4 Å². The van der Waals surface area contributed by atoms with Crippen molar-refractivity contribution in [2.45, 2.75) is 65.4 Å².